The highest BCUT2D eigenvalue weighted by atomic mass is 16.5. The molecular weight excluding hydrogens is 390 g/mol. The molecule has 1 amide bonds. The van der Waals surface area contributed by atoms with Gasteiger partial charge in [0, 0.05) is 11.1 Å². The first-order valence-corrected chi connectivity index (χ1v) is 10.1. The van der Waals surface area contributed by atoms with E-state index < -0.39 is 0 Å². The maximum absolute atomic E-state index is 13.0. The first kappa shape index (κ1) is 20.3. The molecule has 1 heterocycles. The van der Waals surface area contributed by atoms with Gasteiger partial charge in [0.25, 0.3) is 11.5 Å². The van der Waals surface area contributed by atoms with Crippen molar-refractivity contribution < 1.29 is 9.53 Å². The molecule has 0 spiro atoms. The molecule has 0 aliphatic heterocycles. The van der Waals surface area contributed by atoms with Crippen molar-refractivity contribution in [2.75, 3.05) is 5.32 Å². The maximum Gasteiger partial charge on any atom is 0.276 e. The number of hydrogen-bond donors (Lipinski definition) is 1. The van der Waals surface area contributed by atoms with Crippen LogP contribution in [0.1, 0.15) is 35.9 Å². The standard InChI is InChI=1S/C25H23N3O3/c1-17(2)28-25(30)22-11-7-6-10-21(22)23(27-28)24(29)26-19-12-14-20(15-13-19)31-16-18-8-4-3-5-9-18/h3-15,17H,16H2,1-2H3,(H,26,29). The molecule has 1 aromatic heterocycles. The molecule has 4 rings (SSSR count). The van der Waals surface area contributed by atoms with Crippen LogP contribution in [0.3, 0.4) is 0 Å². The van der Waals surface area contributed by atoms with Crippen molar-refractivity contribution in [1.82, 2.24) is 9.78 Å². The summed E-state index contributed by atoms with van der Waals surface area (Å²) < 4.78 is 7.13. The lowest BCUT2D eigenvalue weighted by Crippen LogP contribution is -2.28. The third-order valence-corrected chi connectivity index (χ3v) is 4.89. The lowest BCUT2D eigenvalue weighted by molar-refractivity contribution is 0.102. The Kier molecular flexibility index (Phi) is 5.80. The number of nitrogens with one attached hydrogen (secondary N) is 1. The van der Waals surface area contributed by atoms with Crippen LogP contribution in [-0.4, -0.2) is 15.7 Å². The van der Waals surface area contributed by atoms with Crippen LogP contribution in [0, 0.1) is 0 Å². The summed E-state index contributed by atoms with van der Waals surface area (Å²) in [7, 11) is 0. The van der Waals surface area contributed by atoms with E-state index in [1.165, 1.54) is 4.68 Å². The Labute approximate surface area is 180 Å². The fourth-order valence-corrected chi connectivity index (χ4v) is 3.29. The lowest BCUT2D eigenvalue weighted by Gasteiger charge is -2.13. The highest BCUT2D eigenvalue weighted by Crippen LogP contribution is 2.20. The van der Waals surface area contributed by atoms with Crippen molar-refractivity contribution in [2.24, 2.45) is 0 Å². The molecule has 1 N–H and O–H groups in total. The van der Waals surface area contributed by atoms with E-state index in [2.05, 4.69) is 10.4 Å². The van der Waals surface area contributed by atoms with Crippen molar-refractivity contribution in [3.63, 3.8) is 0 Å². The average molecular weight is 413 g/mol. The molecule has 4 aromatic rings. The SMILES string of the molecule is CC(C)n1nc(C(=O)Nc2ccc(OCc3ccccc3)cc2)c2ccccc2c1=O. The van der Waals surface area contributed by atoms with Crippen LogP contribution in [0.4, 0.5) is 5.69 Å². The van der Waals surface area contributed by atoms with Gasteiger partial charge < -0.3 is 10.1 Å². The van der Waals surface area contributed by atoms with Crippen LogP contribution in [0.2, 0.25) is 0 Å². The van der Waals surface area contributed by atoms with Gasteiger partial charge in [0.15, 0.2) is 5.69 Å². The van der Waals surface area contributed by atoms with Crippen LogP contribution < -0.4 is 15.6 Å². The third-order valence-electron chi connectivity index (χ3n) is 4.89. The second kappa shape index (κ2) is 8.83. The molecule has 0 aliphatic carbocycles. The Hall–Kier alpha value is -3.93. The summed E-state index contributed by atoms with van der Waals surface area (Å²) in [6.45, 7) is 4.19. The number of amides is 1. The number of carbonyl (C=O) groups excluding carboxylic acids is 1. The first-order chi connectivity index (χ1) is 15.0. The normalized spacial score (nSPS) is 10.9. The van der Waals surface area contributed by atoms with E-state index in [1.54, 1.807) is 48.5 Å². The van der Waals surface area contributed by atoms with E-state index >= 15 is 0 Å². The van der Waals surface area contributed by atoms with Crippen molar-refractivity contribution in [2.45, 2.75) is 26.5 Å². The van der Waals surface area contributed by atoms with Gasteiger partial charge in [0.05, 0.1) is 11.4 Å². The molecule has 3 aromatic carbocycles. The molecule has 0 saturated carbocycles. The maximum atomic E-state index is 13.0. The minimum Gasteiger partial charge on any atom is -0.489 e. The van der Waals surface area contributed by atoms with E-state index in [4.69, 9.17) is 4.74 Å². The molecule has 0 fully saturated rings. The average Bonchev–Trinajstić information content (AvgIpc) is 2.79. The van der Waals surface area contributed by atoms with Crippen LogP contribution >= 0.6 is 0 Å². The zero-order valence-electron chi connectivity index (χ0n) is 17.4. The zero-order valence-corrected chi connectivity index (χ0v) is 17.4. The summed E-state index contributed by atoms with van der Waals surface area (Å²) in [6.07, 6.45) is 0. The number of hydrogen-bond acceptors (Lipinski definition) is 4. The molecule has 0 bridgehead atoms. The Morgan fingerprint density at radius 3 is 2.26 bits per heavy atom. The number of carbonyl (C=O) groups is 1. The number of anilines is 1. The highest BCUT2D eigenvalue weighted by Gasteiger charge is 2.18. The summed E-state index contributed by atoms with van der Waals surface area (Å²) >= 11 is 0. The Bertz CT molecular complexity index is 1260. The predicted octanol–water partition coefficient (Wildman–Crippen LogP) is 4.81. The molecule has 0 aliphatic rings. The van der Waals surface area contributed by atoms with Crippen LogP contribution in [0.5, 0.6) is 5.75 Å². The van der Waals surface area contributed by atoms with Gasteiger partial charge >= 0.3 is 0 Å². The largest absolute Gasteiger partial charge is 0.489 e. The fraction of sp³-hybridized carbons (Fsp3) is 0.160. The summed E-state index contributed by atoms with van der Waals surface area (Å²) in [5, 5.41) is 8.21. The summed E-state index contributed by atoms with van der Waals surface area (Å²) in [6, 6.07) is 23.9. The van der Waals surface area contributed by atoms with Crippen molar-refractivity contribution in [3.8, 4) is 5.75 Å². The number of aromatic nitrogens is 2. The van der Waals surface area contributed by atoms with Gasteiger partial charge in [-0.25, -0.2) is 4.68 Å². The van der Waals surface area contributed by atoms with Gasteiger partial charge in [0.1, 0.15) is 12.4 Å². The summed E-state index contributed by atoms with van der Waals surface area (Å²) in [5.74, 6) is 0.335. The second-order valence-corrected chi connectivity index (χ2v) is 7.49. The molecule has 0 unspecified atom stereocenters. The van der Waals surface area contributed by atoms with E-state index in [9.17, 15) is 9.59 Å². The topological polar surface area (TPSA) is 73.2 Å². The monoisotopic (exact) mass is 413 g/mol. The quantitative estimate of drug-likeness (QED) is 0.492. The molecule has 0 atom stereocenters. The number of fused-ring (bicyclic) bond motifs is 1. The lowest BCUT2D eigenvalue weighted by atomic mass is 10.1. The van der Waals surface area contributed by atoms with E-state index in [1.807, 2.05) is 44.2 Å². The predicted molar refractivity (Wildman–Crippen MR) is 122 cm³/mol. The van der Waals surface area contributed by atoms with Gasteiger partial charge in [-0.1, -0.05) is 48.5 Å². The van der Waals surface area contributed by atoms with Crippen LogP contribution in [0.25, 0.3) is 10.8 Å². The smallest absolute Gasteiger partial charge is 0.276 e. The van der Waals surface area contributed by atoms with Gasteiger partial charge in [-0.2, -0.15) is 5.10 Å². The zero-order chi connectivity index (χ0) is 21.8. The Morgan fingerprint density at radius 1 is 0.935 bits per heavy atom. The number of nitrogens with zero attached hydrogens (tertiary/aromatic N) is 2. The van der Waals surface area contributed by atoms with Gasteiger partial charge in [0.2, 0.25) is 0 Å². The fourth-order valence-electron chi connectivity index (χ4n) is 3.29. The van der Waals surface area contributed by atoms with Crippen LogP contribution in [-0.2, 0) is 6.61 Å². The van der Waals surface area contributed by atoms with Crippen molar-refractivity contribution in [1.29, 1.82) is 0 Å². The molecule has 6 nitrogen and oxygen atoms in total. The van der Waals surface area contributed by atoms with Gasteiger partial charge in [-0.15, -0.1) is 0 Å². The number of rotatable bonds is 6. The molecule has 0 saturated heterocycles. The number of ether oxygens (including phenoxy) is 1. The molecule has 6 heteroatoms. The van der Waals surface area contributed by atoms with Crippen LogP contribution in [0.15, 0.2) is 83.7 Å². The minimum absolute atomic E-state index is 0.162. The Morgan fingerprint density at radius 2 is 1.58 bits per heavy atom. The van der Waals surface area contributed by atoms with Crippen molar-refractivity contribution in [3.05, 3.63) is 100 Å². The molecule has 156 valence electrons. The van der Waals surface area contributed by atoms with Gasteiger partial charge in [-0.05, 0) is 49.7 Å². The van der Waals surface area contributed by atoms with E-state index in [0.29, 0.717) is 28.8 Å². The van der Waals surface area contributed by atoms with E-state index in [0.717, 1.165) is 5.56 Å². The van der Waals surface area contributed by atoms with E-state index in [-0.39, 0.29) is 23.2 Å². The summed E-state index contributed by atoms with van der Waals surface area (Å²) in [5.41, 5.74) is 1.71. The number of benzene rings is 3. The first-order valence-electron chi connectivity index (χ1n) is 10.1. The highest BCUT2D eigenvalue weighted by molar-refractivity contribution is 6.11. The van der Waals surface area contributed by atoms with Gasteiger partial charge in [-0.3, -0.25) is 9.59 Å². The minimum atomic E-state index is -0.372. The molecule has 0 radical (unpaired) electrons. The second-order valence-electron chi connectivity index (χ2n) is 7.49. The Balaban J connectivity index is 1.54. The van der Waals surface area contributed by atoms with Crippen molar-refractivity contribution >= 4 is 22.4 Å². The molecule has 31 heavy (non-hydrogen) atoms. The summed E-state index contributed by atoms with van der Waals surface area (Å²) in [4.78, 5) is 25.6. The molecular formula is C25H23N3O3. The third kappa shape index (κ3) is 4.48.